The molecule has 1 aliphatic rings. The molecular formula is C10H9F3IN. The lowest BCUT2D eigenvalue weighted by Crippen LogP contribution is -2.18. The largest absolute Gasteiger partial charge is 0.433 e. The standard InChI is InChI=1S/C10H9F3IN/c11-10(12,13)9-7(6-2-1-3-6)4-5-8(14)15-9/h4-6H,1-3H2. The summed E-state index contributed by atoms with van der Waals surface area (Å²) in [6.07, 6.45) is -1.60. The number of alkyl halides is 3. The zero-order chi connectivity index (χ0) is 11.1. The molecule has 0 saturated heterocycles. The number of hydrogen-bond donors (Lipinski definition) is 0. The zero-order valence-corrected chi connectivity index (χ0v) is 9.97. The number of halogens is 4. The maximum atomic E-state index is 12.7. The van der Waals surface area contributed by atoms with Crippen molar-refractivity contribution in [2.45, 2.75) is 31.4 Å². The van der Waals surface area contributed by atoms with Gasteiger partial charge in [-0.2, -0.15) is 13.2 Å². The van der Waals surface area contributed by atoms with Crippen LogP contribution in [0.3, 0.4) is 0 Å². The SMILES string of the molecule is FC(F)(F)c1nc(I)ccc1C1CCC1. The molecule has 0 aliphatic heterocycles. The third-order valence-corrected chi connectivity index (χ3v) is 3.31. The fourth-order valence-corrected chi connectivity index (χ4v) is 2.14. The van der Waals surface area contributed by atoms with Crippen LogP contribution in [-0.4, -0.2) is 4.98 Å². The van der Waals surface area contributed by atoms with Crippen LogP contribution in [0.25, 0.3) is 0 Å². The molecule has 1 fully saturated rings. The average molecular weight is 327 g/mol. The summed E-state index contributed by atoms with van der Waals surface area (Å²) >= 11 is 1.80. The van der Waals surface area contributed by atoms with Crippen molar-refractivity contribution < 1.29 is 13.2 Å². The third kappa shape index (κ3) is 2.26. The summed E-state index contributed by atoms with van der Waals surface area (Å²) < 4.78 is 38.4. The molecule has 0 amide bonds. The zero-order valence-electron chi connectivity index (χ0n) is 7.81. The number of hydrogen-bond acceptors (Lipinski definition) is 1. The first-order valence-corrected chi connectivity index (χ1v) is 5.80. The van der Waals surface area contributed by atoms with Gasteiger partial charge in [0.1, 0.15) is 9.39 Å². The van der Waals surface area contributed by atoms with Crippen LogP contribution in [-0.2, 0) is 6.18 Å². The van der Waals surface area contributed by atoms with Crippen LogP contribution in [0.4, 0.5) is 13.2 Å². The van der Waals surface area contributed by atoms with Gasteiger partial charge in [-0.15, -0.1) is 0 Å². The molecule has 0 bridgehead atoms. The van der Waals surface area contributed by atoms with Crippen molar-refractivity contribution in [3.8, 4) is 0 Å². The second-order valence-corrected chi connectivity index (χ2v) is 4.80. The summed E-state index contributed by atoms with van der Waals surface area (Å²) in [5.41, 5.74) is -0.326. The summed E-state index contributed by atoms with van der Waals surface area (Å²) in [4.78, 5) is 3.61. The van der Waals surface area contributed by atoms with Gasteiger partial charge in [0, 0.05) is 0 Å². The van der Waals surface area contributed by atoms with E-state index in [-0.39, 0.29) is 5.92 Å². The minimum atomic E-state index is -4.33. The lowest BCUT2D eigenvalue weighted by atomic mass is 9.79. The molecule has 15 heavy (non-hydrogen) atoms. The average Bonchev–Trinajstić information content (AvgIpc) is 2.03. The molecule has 5 heteroatoms. The molecule has 82 valence electrons. The number of rotatable bonds is 1. The Morgan fingerprint density at radius 3 is 2.40 bits per heavy atom. The van der Waals surface area contributed by atoms with E-state index in [1.807, 2.05) is 0 Å². The monoisotopic (exact) mass is 327 g/mol. The summed E-state index contributed by atoms with van der Waals surface area (Å²) in [6, 6.07) is 3.21. The van der Waals surface area contributed by atoms with Crippen LogP contribution < -0.4 is 0 Å². The van der Waals surface area contributed by atoms with E-state index in [9.17, 15) is 13.2 Å². The van der Waals surface area contributed by atoms with Crippen molar-refractivity contribution in [1.82, 2.24) is 4.98 Å². The second kappa shape index (κ2) is 3.92. The lowest BCUT2D eigenvalue weighted by Gasteiger charge is -2.27. The predicted molar refractivity (Wildman–Crippen MR) is 58.5 cm³/mol. The molecule has 1 aromatic heterocycles. The van der Waals surface area contributed by atoms with E-state index in [4.69, 9.17) is 0 Å². The topological polar surface area (TPSA) is 12.9 Å². The Labute approximate surface area is 99.2 Å². The first-order valence-electron chi connectivity index (χ1n) is 4.72. The van der Waals surface area contributed by atoms with Crippen molar-refractivity contribution in [2.24, 2.45) is 0 Å². The molecule has 1 aromatic rings. The minimum absolute atomic E-state index is 0.0612. The molecule has 0 N–H and O–H groups in total. The van der Waals surface area contributed by atoms with Gasteiger partial charge in [-0.05, 0) is 53.0 Å². The smallest absolute Gasteiger partial charge is 0.237 e. The second-order valence-electron chi connectivity index (χ2n) is 3.70. The Balaban J connectivity index is 2.44. The van der Waals surface area contributed by atoms with E-state index in [1.54, 1.807) is 34.7 Å². The molecule has 0 atom stereocenters. The Morgan fingerprint density at radius 1 is 1.27 bits per heavy atom. The van der Waals surface area contributed by atoms with Crippen LogP contribution in [0.5, 0.6) is 0 Å². The first kappa shape index (κ1) is 11.2. The Morgan fingerprint density at radius 2 is 1.93 bits per heavy atom. The number of nitrogens with zero attached hydrogens (tertiary/aromatic N) is 1. The van der Waals surface area contributed by atoms with E-state index in [1.165, 1.54) is 0 Å². The summed E-state index contributed by atoms with van der Waals surface area (Å²) in [5, 5.41) is 0. The molecular weight excluding hydrogens is 318 g/mol. The summed E-state index contributed by atoms with van der Waals surface area (Å²) in [5.74, 6) is 0.0612. The Kier molecular flexibility index (Phi) is 2.92. The number of aromatic nitrogens is 1. The molecule has 0 spiro atoms. The van der Waals surface area contributed by atoms with Gasteiger partial charge in [-0.25, -0.2) is 4.98 Å². The molecule has 1 saturated carbocycles. The maximum Gasteiger partial charge on any atom is 0.433 e. The minimum Gasteiger partial charge on any atom is -0.237 e. The van der Waals surface area contributed by atoms with E-state index in [0.717, 1.165) is 19.3 Å². The highest BCUT2D eigenvalue weighted by Crippen LogP contribution is 2.42. The van der Waals surface area contributed by atoms with E-state index >= 15 is 0 Å². The maximum absolute atomic E-state index is 12.7. The fourth-order valence-electron chi connectivity index (χ4n) is 1.72. The lowest BCUT2D eigenvalue weighted by molar-refractivity contribution is -0.142. The Bertz CT molecular complexity index is 371. The number of pyridine rings is 1. The summed E-state index contributed by atoms with van der Waals surface area (Å²) in [6.45, 7) is 0. The molecule has 2 rings (SSSR count). The molecule has 0 unspecified atom stereocenters. The van der Waals surface area contributed by atoms with Gasteiger partial charge in [0.25, 0.3) is 0 Å². The van der Waals surface area contributed by atoms with Crippen LogP contribution in [0.2, 0.25) is 0 Å². The summed E-state index contributed by atoms with van der Waals surface area (Å²) in [7, 11) is 0. The highest BCUT2D eigenvalue weighted by atomic mass is 127. The molecule has 1 nitrogen and oxygen atoms in total. The van der Waals surface area contributed by atoms with Crippen LogP contribution in [0, 0.1) is 3.70 Å². The first-order chi connectivity index (χ1) is 6.98. The quantitative estimate of drug-likeness (QED) is 0.562. The van der Waals surface area contributed by atoms with Crippen LogP contribution in [0.15, 0.2) is 12.1 Å². The highest BCUT2D eigenvalue weighted by Gasteiger charge is 2.38. The molecule has 1 heterocycles. The predicted octanol–water partition coefficient (Wildman–Crippen LogP) is 3.97. The van der Waals surface area contributed by atoms with Crippen LogP contribution in [0.1, 0.15) is 36.4 Å². The van der Waals surface area contributed by atoms with Gasteiger partial charge in [0.2, 0.25) is 0 Å². The van der Waals surface area contributed by atoms with Crippen LogP contribution >= 0.6 is 22.6 Å². The molecule has 1 aliphatic carbocycles. The highest BCUT2D eigenvalue weighted by molar-refractivity contribution is 14.1. The van der Waals surface area contributed by atoms with Gasteiger partial charge >= 0.3 is 6.18 Å². The van der Waals surface area contributed by atoms with E-state index in [0.29, 0.717) is 9.26 Å². The molecule has 0 aromatic carbocycles. The van der Waals surface area contributed by atoms with Crippen molar-refractivity contribution in [1.29, 1.82) is 0 Å². The Hall–Kier alpha value is -0.330. The van der Waals surface area contributed by atoms with Gasteiger partial charge < -0.3 is 0 Å². The van der Waals surface area contributed by atoms with Crippen molar-refractivity contribution in [3.05, 3.63) is 27.1 Å². The van der Waals surface area contributed by atoms with Crippen molar-refractivity contribution in [2.75, 3.05) is 0 Å². The fraction of sp³-hybridized carbons (Fsp3) is 0.500. The van der Waals surface area contributed by atoms with Gasteiger partial charge in [-0.1, -0.05) is 12.5 Å². The third-order valence-electron chi connectivity index (χ3n) is 2.71. The van der Waals surface area contributed by atoms with Gasteiger partial charge in [-0.3, -0.25) is 0 Å². The van der Waals surface area contributed by atoms with E-state index in [2.05, 4.69) is 4.98 Å². The normalized spacial score (nSPS) is 17.6. The van der Waals surface area contributed by atoms with Crippen molar-refractivity contribution in [3.63, 3.8) is 0 Å². The molecule has 0 radical (unpaired) electrons. The van der Waals surface area contributed by atoms with E-state index < -0.39 is 11.9 Å². The van der Waals surface area contributed by atoms with Gasteiger partial charge in [0.15, 0.2) is 0 Å². The van der Waals surface area contributed by atoms with Gasteiger partial charge in [0.05, 0.1) is 0 Å². The van der Waals surface area contributed by atoms with Crippen molar-refractivity contribution >= 4 is 22.6 Å².